The molecule has 0 heterocycles. The predicted octanol–water partition coefficient (Wildman–Crippen LogP) is 1.70. The van der Waals surface area contributed by atoms with Gasteiger partial charge in [-0.2, -0.15) is 27.1 Å². The van der Waals surface area contributed by atoms with Crippen molar-refractivity contribution < 1.29 is 31.4 Å². The van der Waals surface area contributed by atoms with Crippen LogP contribution in [-0.4, -0.2) is 23.9 Å². The van der Waals surface area contributed by atoms with Gasteiger partial charge in [-0.3, -0.25) is 0 Å². The average Bonchev–Trinajstić information content (AvgIpc) is 1.84. The molecule has 11 heavy (non-hydrogen) atoms. The van der Waals surface area contributed by atoms with Gasteiger partial charge in [-0.25, -0.2) is 4.39 Å². The van der Waals surface area contributed by atoms with E-state index in [2.05, 4.69) is 0 Å². The lowest BCUT2D eigenvalue weighted by molar-refractivity contribution is -0.469. The molecule has 1 saturated carbocycles. The van der Waals surface area contributed by atoms with Crippen LogP contribution in [-0.2, 0) is 5.11 Å². The molecule has 1 aliphatic rings. The summed E-state index contributed by atoms with van der Waals surface area (Å²) in [5, 5.41) is 9.69. The van der Waals surface area contributed by atoms with Crippen molar-refractivity contribution in [2.24, 2.45) is 0 Å². The average molecular weight is 179 g/mol. The van der Waals surface area contributed by atoms with Gasteiger partial charge in [-0.05, 0) is 0 Å². The minimum atomic E-state index is -5.45. The Morgan fingerprint density at radius 3 is 1.45 bits per heavy atom. The molecule has 2 unspecified atom stereocenters. The third kappa shape index (κ3) is 0.622. The van der Waals surface area contributed by atoms with Crippen molar-refractivity contribution in [3.8, 4) is 0 Å². The quantitative estimate of drug-likeness (QED) is 0.504. The van der Waals surface area contributed by atoms with Crippen molar-refractivity contribution in [3.05, 3.63) is 0 Å². The van der Waals surface area contributed by atoms with Gasteiger partial charge in [0.05, 0.1) is 0 Å². The van der Waals surface area contributed by atoms with Gasteiger partial charge in [-0.15, -0.1) is 0 Å². The zero-order valence-electron chi connectivity index (χ0n) is 4.75. The van der Waals surface area contributed by atoms with Crippen LogP contribution >= 0.6 is 0 Å². The molecule has 2 atom stereocenters. The maximum Gasteiger partial charge on any atom is 0.376 e. The summed E-state index contributed by atoms with van der Waals surface area (Å²) in [5.74, 6) is -15.6. The second-order valence-electron chi connectivity index (χ2n) is 2.20. The highest BCUT2D eigenvalue weighted by Gasteiger charge is 2.91. The maximum atomic E-state index is 11.7. The topological polar surface area (TPSA) is 19.9 Å². The Hall–Kier alpha value is -0.460. The van der Waals surface area contributed by atoms with Gasteiger partial charge in [0.2, 0.25) is 6.17 Å². The van der Waals surface area contributed by atoms with E-state index in [1.54, 1.807) is 0 Å². The van der Waals surface area contributed by atoms with Gasteiger partial charge in [0.25, 0.3) is 0 Å². The largest absolute Gasteiger partial charge is 0.376 e. The van der Waals surface area contributed by atoms with E-state index in [0.717, 1.165) is 0 Å². The summed E-state index contributed by atoms with van der Waals surface area (Å²) in [4.78, 5) is 0. The molecule has 7 heteroatoms. The molecule has 0 aliphatic heterocycles. The molecule has 0 saturated heterocycles. The van der Waals surface area contributed by atoms with Crippen LogP contribution in [0.4, 0.5) is 26.3 Å². The van der Waals surface area contributed by atoms with Crippen molar-refractivity contribution in [1.82, 2.24) is 0 Å². The third-order valence-electron chi connectivity index (χ3n) is 1.49. The van der Waals surface area contributed by atoms with Crippen molar-refractivity contribution in [1.29, 1.82) is 0 Å². The van der Waals surface area contributed by atoms with Crippen molar-refractivity contribution in [2.45, 2.75) is 23.9 Å². The van der Waals surface area contributed by atoms with Crippen LogP contribution in [0, 0.1) is 0 Å². The minimum Gasteiger partial charge on any atom is -0.234 e. The molecule has 65 valence electrons. The van der Waals surface area contributed by atoms with Crippen LogP contribution < -0.4 is 0 Å². The molecule has 0 bridgehead atoms. The Kier molecular flexibility index (Phi) is 1.29. The molecular formula is C4HF6O. The normalized spacial score (nSPS) is 46.6. The van der Waals surface area contributed by atoms with E-state index in [4.69, 9.17) is 0 Å². The molecule has 0 amide bonds. The number of alkyl halides is 6. The fourth-order valence-electron chi connectivity index (χ4n) is 0.701. The maximum absolute atomic E-state index is 11.7. The second-order valence-corrected chi connectivity index (χ2v) is 2.20. The lowest BCUT2D eigenvalue weighted by atomic mass is 9.81. The lowest BCUT2D eigenvalue weighted by Crippen LogP contribution is -2.77. The van der Waals surface area contributed by atoms with Gasteiger partial charge in [-0.1, -0.05) is 0 Å². The fraction of sp³-hybridized carbons (Fsp3) is 1.00. The molecule has 0 aromatic heterocycles. The second kappa shape index (κ2) is 1.65. The molecule has 0 spiro atoms. The minimum absolute atomic E-state index is 3.97. The number of hydrogen-bond donors (Lipinski definition) is 0. The van der Waals surface area contributed by atoms with E-state index < -0.39 is 23.9 Å². The number of hydrogen-bond acceptors (Lipinski definition) is 0. The monoisotopic (exact) mass is 179 g/mol. The summed E-state index contributed by atoms with van der Waals surface area (Å²) in [5.41, 5.74) is 0. The van der Waals surface area contributed by atoms with Crippen LogP contribution in [0.3, 0.4) is 0 Å². The Balaban J connectivity index is 2.98. The van der Waals surface area contributed by atoms with Crippen LogP contribution in [0.5, 0.6) is 0 Å². The summed E-state index contributed by atoms with van der Waals surface area (Å²) in [7, 11) is 0. The van der Waals surface area contributed by atoms with Crippen LogP contribution in [0.1, 0.15) is 0 Å². The molecule has 0 N–H and O–H groups in total. The molecule has 0 aromatic carbocycles. The van der Waals surface area contributed by atoms with Crippen LogP contribution in [0.2, 0.25) is 0 Å². The molecule has 1 radical (unpaired) electrons. The van der Waals surface area contributed by atoms with Crippen molar-refractivity contribution >= 4 is 0 Å². The first-order chi connectivity index (χ1) is 4.65. The van der Waals surface area contributed by atoms with E-state index >= 15 is 0 Å². The highest BCUT2D eigenvalue weighted by Crippen LogP contribution is 2.60. The van der Waals surface area contributed by atoms with E-state index in [-0.39, 0.29) is 0 Å². The first kappa shape index (κ1) is 8.63. The van der Waals surface area contributed by atoms with Gasteiger partial charge < -0.3 is 0 Å². The number of rotatable bonds is 0. The van der Waals surface area contributed by atoms with Crippen LogP contribution in [0.25, 0.3) is 0 Å². The number of halogens is 6. The molecular weight excluding hydrogens is 178 g/mol. The van der Waals surface area contributed by atoms with E-state index in [9.17, 15) is 31.4 Å². The smallest absolute Gasteiger partial charge is 0.234 e. The zero-order valence-corrected chi connectivity index (χ0v) is 4.75. The highest BCUT2D eigenvalue weighted by molar-refractivity contribution is 5.17. The molecule has 1 nitrogen and oxygen atoms in total. The van der Waals surface area contributed by atoms with Gasteiger partial charge >= 0.3 is 17.7 Å². The van der Waals surface area contributed by atoms with E-state index in [1.807, 2.05) is 0 Å². The molecule has 0 aromatic rings. The predicted molar refractivity (Wildman–Crippen MR) is 19.3 cm³/mol. The molecule has 1 aliphatic carbocycles. The van der Waals surface area contributed by atoms with Crippen LogP contribution in [0.15, 0.2) is 0 Å². The van der Waals surface area contributed by atoms with Gasteiger partial charge in [0.1, 0.15) is 0 Å². The summed E-state index contributed by atoms with van der Waals surface area (Å²) < 4.78 is 70.0. The van der Waals surface area contributed by atoms with E-state index in [1.165, 1.54) is 0 Å². The van der Waals surface area contributed by atoms with E-state index in [0.29, 0.717) is 0 Å². The summed E-state index contributed by atoms with van der Waals surface area (Å²) >= 11 is 0. The zero-order chi connectivity index (χ0) is 9.08. The van der Waals surface area contributed by atoms with Crippen molar-refractivity contribution in [2.75, 3.05) is 0 Å². The van der Waals surface area contributed by atoms with Gasteiger partial charge in [0.15, 0.2) is 0 Å². The fourth-order valence-corrected chi connectivity index (χ4v) is 0.701. The Labute approximate surface area is 56.6 Å². The molecule has 1 fully saturated rings. The van der Waals surface area contributed by atoms with Crippen molar-refractivity contribution in [3.63, 3.8) is 0 Å². The SMILES string of the molecule is [O]C1(F)C(F)C(F)(F)C1(F)F. The molecule has 1 rings (SSSR count). The Morgan fingerprint density at radius 2 is 1.36 bits per heavy atom. The lowest BCUT2D eigenvalue weighted by Gasteiger charge is -2.45. The summed E-state index contributed by atoms with van der Waals surface area (Å²) in [6.07, 6.45) is -3.97. The van der Waals surface area contributed by atoms with Gasteiger partial charge in [0, 0.05) is 0 Å². The highest BCUT2D eigenvalue weighted by atomic mass is 19.3. The summed E-state index contributed by atoms with van der Waals surface area (Å²) in [6, 6.07) is 0. The Bertz CT molecular complexity index is 169. The standard InChI is InChI=1S/C4HF6O/c5-1-2(6,7)4(9,10)3(1,8)11/h1H. The Morgan fingerprint density at radius 1 is 1.00 bits per heavy atom. The summed E-state index contributed by atoms with van der Waals surface area (Å²) in [6.45, 7) is 0. The third-order valence-corrected chi connectivity index (χ3v) is 1.49. The first-order valence-electron chi connectivity index (χ1n) is 2.44. The first-order valence-corrected chi connectivity index (χ1v) is 2.44.